The molecule has 3 rings (SSSR count). The molecule has 0 radical (unpaired) electrons. The maximum atomic E-state index is 13.0. The van der Waals surface area contributed by atoms with E-state index >= 15 is 0 Å². The monoisotopic (exact) mass is 308 g/mol. The minimum Gasteiger partial charge on any atom is -0.496 e. The summed E-state index contributed by atoms with van der Waals surface area (Å²) in [4.78, 5) is 14.8. The predicted molar refractivity (Wildman–Crippen MR) is 93.3 cm³/mol. The minimum absolute atomic E-state index is 0.0144. The van der Waals surface area contributed by atoms with Gasteiger partial charge in [-0.3, -0.25) is 4.79 Å². The molecule has 1 amide bonds. The number of hydrogen-bond acceptors (Lipinski definition) is 2. The van der Waals surface area contributed by atoms with Crippen LogP contribution in [0.2, 0.25) is 0 Å². The van der Waals surface area contributed by atoms with Crippen LogP contribution in [0.1, 0.15) is 17.4 Å². The number of methoxy groups -OCH3 is 1. The lowest BCUT2D eigenvalue weighted by Gasteiger charge is -2.21. The van der Waals surface area contributed by atoms with E-state index in [0.29, 0.717) is 12.2 Å². The standard InChI is InChI=1S/C19H20N2O2/c1-4-21(14-9-6-5-7-10-14)19(22)17-13-15-16(20(17)2)11-8-12-18(15)23-3/h5-13H,4H2,1-3H3. The Hall–Kier alpha value is -2.75. The molecule has 1 heterocycles. The summed E-state index contributed by atoms with van der Waals surface area (Å²) in [5, 5.41) is 0.949. The van der Waals surface area contributed by atoms with Crippen molar-refractivity contribution < 1.29 is 9.53 Å². The third-order valence-corrected chi connectivity index (χ3v) is 4.12. The molecule has 0 aliphatic heterocycles. The van der Waals surface area contributed by atoms with Gasteiger partial charge < -0.3 is 14.2 Å². The number of rotatable bonds is 4. The molecule has 0 saturated heterocycles. The number of carbonyl (C=O) groups is 1. The number of anilines is 1. The summed E-state index contributed by atoms with van der Waals surface area (Å²) < 4.78 is 7.33. The highest BCUT2D eigenvalue weighted by Crippen LogP contribution is 2.29. The molecule has 0 aliphatic carbocycles. The normalized spacial score (nSPS) is 10.7. The molecule has 4 nitrogen and oxygen atoms in total. The molecule has 0 N–H and O–H groups in total. The molecule has 0 fully saturated rings. The zero-order valence-electron chi connectivity index (χ0n) is 13.6. The Balaban J connectivity index is 2.09. The predicted octanol–water partition coefficient (Wildman–Crippen LogP) is 3.85. The van der Waals surface area contributed by atoms with Gasteiger partial charge in [-0.15, -0.1) is 0 Å². The lowest BCUT2D eigenvalue weighted by atomic mass is 10.2. The second kappa shape index (κ2) is 6.16. The van der Waals surface area contributed by atoms with Crippen molar-refractivity contribution in [2.24, 2.45) is 7.05 Å². The molecule has 0 bridgehead atoms. The van der Waals surface area contributed by atoms with E-state index in [9.17, 15) is 4.79 Å². The largest absolute Gasteiger partial charge is 0.496 e. The van der Waals surface area contributed by atoms with Crippen LogP contribution in [0.4, 0.5) is 5.69 Å². The number of nitrogens with zero attached hydrogens (tertiary/aromatic N) is 2. The number of hydrogen-bond donors (Lipinski definition) is 0. The van der Waals surface area contributed by atoms with E-state index in [1.165, 1.54) is 0 Å². The van der Waals surface area contributed by atoms with Crippen molar-refractivity contribution >= 4 is 22.5 Å². The second-order valence-corrected chi connectivity index (χ2v) is 5.37. The third kappa shape index (κ3) is 2.57. The SMILES string of the molecule is CCN(C(=O)c1cc2c(OC)cccc2n1C)c1ccccc1. The van der Waals surface area contributed by atoms with Gasteiger partial charge in [0.1, 0.15) is 11.4 Å². The zero-order valence-corrected chi connectivity index (χ0v) is 13.6. The lowest BCUT2D eigenvalue weighted by molar-refractivity contribution is 0.0981. The van der Waals surface area contributed by atoms with Gasteiger partial charge in [0, 0.05) is 24.7 Å². The number of benzene rings is 2. The smallest absolute Gasteiger partial charge is 0.274 e. The van der Waals surface area contributed by atoms with Crippen LogP contribution in [0.25, 0.3) is 10.9 Å². The summed E-state index contributed by atoms with van der Waals surface area (Å²) in [6.45, 7) is 2.59. The van der Waals surface area contributed by atoms with E-state index in [1.54, 1.807) is 12.0 Å². The lowest BCUT2D eigenvalue weighted by Crippen LogP contribution is -2.31. The zero-order chi connectivity index (χ0) is 16.4. The van der Waals surface area contributed by atoms with Crippen LogP contribution < -0.4 is 9.64 Å². The molecule has 0 aliphatic rings. The topological polar surface area (TPSA) is 34.5 Å². The van der Waals surface area contributed by atoms with Gasteiger partial charge >= 0.3 is 0 Å². The fraction of sp³-hybridized carbons (Fsp3) is 0.211. The summed E-state index contributed by atoms with van der Waals surface area (Å²) >= 11 is 0. The molecule has 0 spiro atoms. The van der Waals surface area contributed by atoms with Gasteiger partial charge in [-0.05, 0) is 37.3 Å². The summed E-state index contributed by atoms with van der Waals surface area (Å²) in [6, 6.07) is 17.5. The summed E-state index contributed by atoms with van der Waals surface area (Å²) in [6.07, 6.45) is 0. The molecule has 3 aromatic rings. The van der Waals surface area contributed by atoms with Crippen LogP contribution in [0.5, 0.6) is 5.75 Å². The van der Waals surface area contributed by atoms with E-state index in [1.807, 2.05) is 73.1 Å². The molecule has 1 aromatic heterocycles. The van der Waals surface area contributed by atoms with Gasteiger partial charge in [-0.1, -0.05) is 24.3 Å². The van der Waals surface area contributed by atoms with Gasteiger partial charge in [0.05, 0.1) is 12.6 Å². The van der Waals surface area contributed by atoms with Crippen LogP contribution in [0.3, 0.4) is 0 Å². The highest BCUT2D eigenvalue weighted by molar-refractivity contribution is 6.08. The van der Waals surface area contributed by atoms with Gasteiger partial charge in [0.15, 0.2) is 0 Å². The quantitative estimate of drug-likeness (QED) is 0.733. The first-order chi connectivity index (χ1) is 11.2. The Morgan fingerprint density at radius 3 is 2.52 bits per heavy atom. The fourth-order valence-corrected chi connectivity index (χ4v) is 2.91. The number of aromatic nitrogens is 1. The fourth-order valence-electron chi connectivity index (χ4n) is 2.91. The van der Waals surface area contributed by atoms with Gasteiger partial charge in [0.25, 0.3) is 5.91 Å². The van der Waals surface area contributed by atoms with Crippen molar-refractivity contribution in [3.63, 3.8) is 0 Å². The Labute approximate surface area is 135 Å². The second-order valence-electron chi connectivity index (χ2n) is 5.37. The van der Waals surface area contributed by atoms with E-state index in [-0.39, 0.29) is 5.91 Å². The number of carbonyl (C=O) groups excluding carboxylic acids is 1. The molecular formula is C19H20N2O2. The van der Waals surface area contributed by atoms with Crippen LogP contribution >= 0.6 is 0 Å². The van der Waals surface area contributed by atoms with E-state index in [0.717, 1.165) is 22.3 Å². The average molecular weight is 308 g/mol. The Morgan fingerprint density at radius 2 is 1.87 bits per heavy atom. The average Bonchev–Trinajstić information content (AvgIpc) is 2.93. The molecule has 4 heteroatoms. The number of amides is 1. The first-order valence-electron chi connectivity index (χ1n) is 7.66. The van der Waals surface area contributed by atoms with Crippen LogP contribution in [-0.4, -0.2) is 24.1 Å². The van der Waals surface area contributed by atoms with Crippen molar-refractivity contribution in [1.29, 1.82) is 0 Å². The van der Waals surface area contributed by atoms with Gasteiger partial charge in [0.2, 0.25) is 0 Å². The number of fused-ring (bicyclic) bond motifs is 1. The Bertz CT molecular complexity index is 837. The molecule has 0 saturated carbocycles. The summed E-state index contributed by atoms with van der Waals surface area (Å²) in [7, 11) is 3.55. The van der Waals surface area contributed by atoms with E-state index in [4.69, 9.17) is 4.74 Å². The molecular weight excluding hydrogens is 288 g/mol. The van der Waals surface area contributed by atoms with Crippen molar-refractivity contribution in [1.82, 2.24) is 4.57 Å². The van der Waals surface area contributed by atoms with Crippen LogP contribution in [0.15, 0.2) is 54.6 Å². The number of aryl methyl sites for hydroxylation is 1. The highest BCUT2D eigenvalue weighted by atomic mass is 16.5. The molecule has 23 heavy (non-hydrogen) atoms. The Morgan fingerprint density at radius 1 is 1.13 bits per heavy atom. The van der Waals surface area contributed by atoms with Gasteiger partial charge in [-0.2, -0.15) is 0 Å². The maximum absolute atomic E-state index is 13.0. The molecule has 2 aromatic carbocycles. The minimum atomic E-state index is -0.0144. The maximum Gasteiger partial charge on any atom is 0.274 e. The van der Waals surface area contributed by atoms with E-state index < -0.39 is 0 Å². The van der Waals surface area contributed by atoms with Crippen molar-refractivity contribution in [2.75, 3.05) is 18.6 Å². The number of ether oxygens (including phenoxy) is 1. The van der Waals surface area contributed by atoms with Crippen molar-refractivity contribution in [3.8, 4) is 5.75 Å². The van der Waals surface area contributed by atoms with Crippen LogP contribution in [-0.2, 0) is 7.05 Å². The molecule has 0 atom stereocenters. The van der Waals surface area contributed by atoms with Crippen LogP contribution in [0, 0.1) is 0 Å². The van der Waals surface area contributed by atoms with Crippen molar-refractivity contribution in [3.05, 3.63) is 60.3 Å². The van der Waals surface area contributed by atoms with Gasteiger partial charge in [-0.25, -0.2) is 0 Å². The molecule has 0 unspecified atom stereocenters. The summed E-state index contributed by atoms with van der Waals surface area (Å²) in [5.74, 6) is 0.763. The van der Waals surface area contributed by atoms with E-state index in [2.05, 4.69) is 0 Å². The first-order valence-corrected chi connectivity index (χ1v) is 7.66. The Kier molecular flexibility index (Phi) is 4.06. The highest BCUT2D eigenvalue weighted by Gasteiger charge is 2.21. The first kappa shape index (κ1) is 15.2. The number of para-hydroxylation sites is 1. The van der Waals surface area contributed by atoms with Crippen molar-refractivity contribution in [2.45, 2.75) is 6.92 Å². The molecule has 118 valence electrons. The summed E-state index contributed by atoms with van der Waals surface area (Å²) in [5.41, 5.74) is 2.53. The third-order valence-electron chi connectivity index (χ3n) is 4.12.